The maximum absolute atomic E-state index is 10.6. The fourth-order valence-electron chi connectivity index (χ4n) is 3.44. The first-order valence-electron chi connectivity index (χ1n) is 10.0. The van der Waals surface area contributed by atoms with Crippen molar-refractivity contribution in [3.63, 3.8) is 0 Å². The fraction of sp³-hybridized carbons (Fsp3) is 0.650. The number of rotatable bonds is 5. The van der Waals surface area contributed by atoms with Gasteiger partial charge in [0.15, 0.2) is 0 Å². The quantitative estimate of drug-likeness (QED) is 0.464. The Morgan fingerprint density at radius 2 is 1.71 bits per heavy atom. The van der Waals surface area contributed by atoms with Gasteiger partial charge in [0.1, 0.15) is 0 Å². The number of carboxylic acid groups (broad SMARTS) is 2. The third kappa shape index (κ3) is 11.1. The lowest BCUT2D eigenvalue weighted by molar-refractivity contribution is -0.193. The average molecular weight is 504 g/mol. The van der Waals surface area contributed by atoms with Gasteiger partial charge in [-0.25, -0.2) is 9.59 Å². The van der Waals surface area contributed by atoms with Gasteiger partial charge in [-0.1, -0.05) is 6.07 Å². The van der Waals surface area contributed by atoms with E-state index in [-0.39, 0.29) is 5.60 Å². The van der Waals surface area contributed by atoms with Crippen molar-refractivity contribution >= 4 is 11.9 Å². The van der Waals surface area contributed by atoms with Gasteiger partial charge in [-0.3, -0.25) is 4.98 Å². The van der Waals surface area contributed by atoms with Gasteiger partial charge in [-0.05, 0) is 44.4 Å². The van der Waals surface area contributed by atoms with E-state index in [2.05, 4.69) is 16.9 Å². The Labute approximate surface area is 191 Å². The van der Waals surface area contributed by atoms with Crippen LogP contribution >= 0.6 is 0 Å². The number of hydrogen-bond donors (Lipinski definition) is 2. The van der Waals surface area contributed by atoms with Gasteiger partial charge in [0, 0.05) is 32.5 Å². The zero-order chi connectivity index (χ0) is 26.0. The summed E-state index contributed by atoms with van der Waals surface area (Å²) in [6.07, 6.45) is -4.83. The maximum Gasteiger partial charge on any atom is 0.490 e. The van der Waals surface area contributed by atoms with Crippen LogP contribution in [-0.4, -0.2) is 83.3 Å². The van der Waals surface area contributed by atoms with Crippen LogP contribution in [0.2, 0.25) is 0 Å². The van der Waals surface area contributed by atoms with Crippen LogP contribution in [0.3, 0.4) is 0 Å². The SMILES string of the molecule is CN1CC2(CC(CCOCc3ccccn3)CCO2)C1.O=C(O)C(F)(F)F.O=C(O)C(F)(F)F. The largest absolute Gasteiger partial charge is 0.490 e. The highest BCUT2D eigenvalue weighted by molar-refractivity contribution is 5.73. The number of carbonyl (C=O) groups is 2. The molecule has 2 saturated heterocycles. The second-order valence-corrected chi connectivity index (χ2v) is 7.83. The van der Waals surface area contributed by atoms with Crippen LogP contribution in [0.15, 0.2) is 24.4 Å². The number of pyridine rings is 1. The van der Waals surface area contributed by atoms with Gasteiger partial charge in [0.05, 0.1) is 17.9 Å². The lowest BCUT2D eigenvalue weighted by Crippen LogP contribution is -2.63. The smallest absolute Gasteiger partial charge is 0.475 e. The van der Waals surface area contributed by atoms with Gasteiger partial charge < -0.3 is 24.6 Å². The summed E-state index contributed by atoms with van der Waals surface area (Å²) in [5.41, 5.74) is 1.18. The van der Waals surface area contributed by atoms with E-state index in [1.54, 1.807) is 0 Å². The molecule has 194 valence electrons. The van der Waals surface area contributed by atoms with Crippen molar-refractivity contribution in [1.29, 1.82) is 0 Å². The van der Waals surface area contributed by atoms with Gasteiger partial charge in [-0.2, -0.15) is 26.3 Å². The highest BCUT2D eigenvalue weighted by atomic mass is 19.4. The molecular weight excluding hydrogens is 478 g/mol. The highest BCUT2D eigenvalue weighted by Crippen LogP contribution is 2.37. The number of likely N-dealkylation sites (N-methyl/N-ethyl adjacent to an activating group) is 1. The second kappa shape index (κ2) is 12.9. The number of nitrogens with zero attached hydrogens (tertiary/aromatic N) is 2. The number of carboxylic acids is 2. The van der Waals surface area contributed by atoms with E-state index in [1.165, 1.54) is 12.8 Å². The molecule has 1 aromatic rings. The number of halogens is 6. The second-order valence-electron chi connectivity index (χ2n) is 7.83. The van der Waals surface area contributed by atoms with Crippen molar-refractivity contribution < 1.29 is 55.6 Å². The van der Waals surface area contributed by atoms with Crippen molar-refractivity contribution in [1.82, 2.24) is 9.88 Å². The molecule has 14 heteroatoms. The monoisotopic (exact) mass is 504 g/mol. The van der Waals surface area contributed by atoms with Gasteiger partial charge in [-0.15, -0.1) is 0 Å². The average Bonchev–Trinajstić information content (AvgIpc) is 2.71. The van der Waals surface area contributed by atoms with Gasteiger partial charge >= 0.3 is 24.3 Å². The van der Waals surface area contributed by atoms with Crippen LogP contribution in [-0.2, 0) is 25.7 Å². The molecule has 2 N–H and O–H groups in total. The third-order valence-electron chi connectivity index (χ3n) is 4.84. The number of likely N-dealkylation sites (tertiary alicyclic amines) is 1. The van der Waals surface area contributed by atoms with Crippen LogP contribution in [0.5, 0.6) is 0 Å². The Morgan fingerprint density at radius 3 is 2.15 bits per heavy atom. The zero-order valence-corrected chi connectivity index (χ0v) is 18.2. The molecule has 0 aliphatic carbocycles. The first-order chi connectivity index (χ1) is 15.6. The highest BCUT2D eigenvalue weighted by Gasteiger charge is 2.45. The predicted molar refractivity (Wildman–Crippen MR) is 105 cm³/mol. The van der Waals surface area contributed by atoms with Crippen LogP contribution in [0.25, 0.3) is 0 Å². The van der Waals surface area contributed by atoms with E-state index in [9.17, 15) is 26.3 Å². The molecule has 1 atom stereocenters. The summed E-state index contributed by atoms with van der Waals surface area (Å²) in [5.74, 6) is -4.76. The Kier molecular flexibility index (Phi) is 11.2. The van der Waals surface area contributed by atoms with E-state index in [1.807, 2.05) is 24.4 Å². The summed E-state index contributed by atoms with van der Waals surface area (Å²) in [6, 6.07) is 5.94. The minimum absolute atomic E-state index is 0.165. The number of hydrogen-bond acceptors (Lipinski definition) is 6. The Morgan fingerprint density at radius 1 is 1.15 bits per heavy atom. The first kappa shape index (κ1) is 29.6. The fourth-order valence-corrected chi connectivity index (χ4v) is 3.44. The van der Waals surface area contributed by atoms with Crippen molar-refractivity contribution in [2.75, 3.05) is 33.4 Å². The molecule has 0 aromatic carbocycles. The molecule has 3 rings (SSSR count). The predicted octanol–water partition coefficient (Wildman–Crippen LogP) is 3.37. The third-order valence-corrected chi connectivity index (χ3v) is 4.84. The number of aromatic nitrogens is 1. The molecule has 0 bridgehead atoms. The molecule has 1 spiro atoms. The molecule has 2 fully saturated rings. The van der Waals surface area contributed by atoms with Crippen molar-refractivity contribution in [3.05, 3.63) is 30.1 Å². The van der Waals surface area contributed by atoms with Crippen molar-refractivity contribution in [2.45, 2.75) is 43.8 Å². The molecule has 8 nitrogen and oxygen atoms in total. The number of ether oxygens (including phenoxy) is 2. The molecule has 1 unspecified atom stereocenters. The Bertz CT molecular complexity index is 740. The van der Waals surface area contributed by atoms with Crippen LogP contribution < -0.4 is 0 Å². The molecule has 34 heavy (non-hydrogen) atoms. The molecule has 0 saturated carbocycles. The molecule has 2 aliphatic heterocycles. The minimum Gasteiger partial charge on any atom is -0.475 e. The summed E-state index contributed by atoms with van der Waals surface area (Å²) in [4.78, 5) is 24.4. The molecule has 2 aliphatic rings. The van der Waals surface area contributed by atoms with Gasteiger partial charge in [0.2, 0.25) is 0 Å². The summed E-state index contributed by atoms with van der Waals surface area (Å²) >= 11 is 0. The first-order valence-corrected chi connectivity index (χ1v) is 10.0. The Balaban J connectivity index is 0.000000343. The lowest BCUT2D eigenvalue weighted by atomic mass is 9.79. The molecule has 0 amide bonds. The summed E-state index contributed by atoms with van der Waals surface area (Å²) < 4.78 is 75.2. The van der Waals surface area contributed by atoms with Gasteiger partial charge in [0.25, 0.3) is 0 Å². The molecular formula is C20H26F6N2O6. The van der Waals surface area contributed by atoms with Crippen LogP contribution in [0.1, 0.15) is 25.0 Å². The van der Waals surface area contributed by atoms with E-state index in [0.717, 1.165) is 44.3 Å². The van der Waals surface area contributed by atoms with E-state index < -0.39 is 24.3 Å². The summed E-state index contributed by atoms with van der Waals surface area (Å²) in [7, 11) is 2.16. The standard InChI is InChI=1S/C16H24N2O2.2C2HF3O2/c1-18-12-16(13-18)10-14(6-9-20-16)5-8-19-11-15-4-2-3-7-17-15;2*3-2(4,5)1(6)7/h2-4,7,14H,5-6,8-13H2,1H3;2*(H,6,7). The molecule has 1 aromatic heterocycles. The lowest BCUT2D eigenvalue weighted by Gasteiger charge is -2.52. The van der Waals surface area contributed by atoms with Crippen molar-refractivity contribution in [2.24, 2.45) is 5.92 Å². The molecule has 0 radical (unpaired) electrons. The summed E-state index contributed by atoms with van der Waals surface area (Å²) in [6.45, 7) is 4.56. The normalized spacial score (nSPS) is 19.7. The number of alkyl halides is 6. The van der Waals surface area contributed by atoms with Crippen LogP contribution in [0.4, 0.5) is 26.3 Å². The van der Waals surface area contributed by atoms with E-state index >= 15 is 0 Å². The topological polar surface area (TPSA) is 109 Å². The molecule has 3 heterocycles. The van der Waals surface area contributed by atoms with Crippen LogP contribution in [0, 0.1) is 5.92 Å². The van der Waals surface area contributed by atoms with Crippen molar-refractivity contribution in [3.8, 4) is 0 Å². The van der Waals surface area contributed by atoms with E-state index in [0.29, 0.717) is 6.61 Å². The summed E-state index contributed by atoms with van der Waals surface area (Å²) in [5, 5.41) is 14.2. The Hall–Kier alpha value is -2.45. The maximum atomic E-state index is 10.6. The zero-order valence-electron chi connectivity index (χ0n) is 18.2. The van der Waals surface area contributed by atoms with E-state index in [4.69, 9.17) is 29.3 Å². The number of aliphatic carboxylic acids is 2. The minimum atomic E-state index is -5.08.